The molecule has 0 saturated heterocycles. The lowest BCUT2D eigenvalue weighted by atomic mass is 10.1. The first-order valence-electron chi connectivity index (χ1n) is 5.06. The lowest BCUT2D eigenvalue weighted by molar-refractivity contribution is 0.101. The Morgan fingerprint density at radius 1 is 1.53 bits per heavy atom. The van der Waals surface area contributed by atoms with Crippen LogP contribution in [0.2, 0.25) is 0 Å². The maximum Gasteiger partial charge on any atom is 0.213 e. The Labute approximate surface area is 97.8 Å². The molecule has 0 aliphatic heterocycles. The van der Waals surface area contributed by atoms with Gasteiger partial charge in [0, 0.05) is 16.9 Å². The molecule has 6 heteroatoms. The van der Waals surface area contributed by atoms with Crippen molar-refractivity contribution in [1.82, 2.24) is 10.1 Å². The second-order valence-electron chi connectivity index (χ2n) is 3.56. The summed E-state index contributed by atoms with van der Waals surface area (Å²) in [5.41, 5.74) is 7.46. The third kappa shape index (κ3) is 2.60. The number of ketones is 1. The Kier molecular flexibility index (Phi) is 3.04. The number of carbonyl (C=O) groups is 1. The van der Waals surface area contributed by atoms with Gasteiger partial charge in [-0.3, -0.25) is 4.79 Å². The zero-order valence-electron chi connectivity index (χ0n) is 9.30. The van der Waals surface area contributed by atoms with Crippen LogP contribution in [-0.2, 0) is 6.54 Å². The zero-order valence-corrected chi connectivity index (χ0v) is 9.30. The van der Waals surface area contributed by atoms with Gasteiger partial charge in [0.05, 0.1) is 6.54 Å². The summed E-state index contributed by atoms with van der Waals surface area (Å²) in [5.74, 6) is 0.483. The van der Waals surface area contributed by atoms with E-state index in [1.54, 1.807) is 18.2 Å². The van der Waals surface area contributed by atoms with Crippen molar-refractivity contribution in [3.63, 3.8) is 0 Å². The number of nitrogens with two attached hydrogens (primary N) is 1. The van der Waals surface area contributed by atoms with E-state index in [0.717, 1.165) is 5.69 Å². The topological polar surface area (TPSA) is 94.0 Å². The minimum Gasteiger partial charge on any atom is -0.398 e. The van der Waals surface area contributed by atoms with E-state index in [1.165, 1.54) is 13.3 Å². The van der Waals surface area contributed by atoms with Gasteiger partial charge in [0.15, 0.2) is 11.6 Å². The van der Waals surface area contributed by atoms with E-state index < -0.39 is 0 Å². The van der Waals surface area contributed by atoms with Gasteiger partial charge >= 0.3 is 0 Å². The zero-order chi connectivity index (χ0) is 12.3. The van der Waals surface area contributed by atoms with Crippen molar-refractivity contribution in [2.24, 2.45) is 0 Å². The van der Waals surface area contributed by atoms with Gasteiger partial charge in [0.2, 0.25) is 6.39 Å². The fraction of sp³-hybridized carbons (Fsp3) is 0.182. The Morgan fingerprint density at radius 3 is 3.00 bits per heavy atom. The summed E-state index contributed by atoms with van der Waals surface area (Å²) < 4.78 is 4.61. The van der Waals surface area contributed by atoms with Crippen molar-refractivity contribution < 1.29 is 9.32 Å². The molecule has 0 fully saturated rings. The number of nitrogens with zero attached hydrogens (tertiary/aromatic N) is 2. The molecule has 6 nitrogen and oxygen atoms in total. The molecule has 0 aliphatic carbocycles. The fourth-order valence-corrected chi connectivity index (χ4v) is 1.42. The predicted molar refractivity (Wildman–Crippen MR) is 62.5 cm³/mol. The van der Waals surface area contributed by atoms with Crippen LogP contribution in [0.4, 0.5) is 11.4 Å². The molecule has 0 aliphatic rings. The first-order valence-corrected chi connectivity index (χ1v) is 5.06. The molecule has 0 bridgehead atoms. The van der Waals surface area contributed by atoms with Gasteiger partial charge in [-0.05, 0) is 25.1 Å². The predicted octanol–water partition coefficient (Wildman–Crippen LogP) is 1.47. The van der Waals surface area contributed by atoms with E-state index in [1.807, 2.05) is 0 Å². The van der Waals surface area contributed by atoms with Crippen molar-refractivity contribution in [1.29, 1.82) is 0 Å². The maximum absolute atomic E-state index is 11.3. The largest absolute Gasteiger partial charge is 0.398 e. The van der Waals surface area contributed by atoms with E-state index in [0.29, 0.717) is 23.6 Å². The van der Waals surface area contributed by atoms with Crippen LogP contribution in [0.1, 0.15) is 23.1 Å². The number of hydrogen-bond donors (Lipinski definition) is 2. The lowest BCUT2D eigenvalue weighted by Gasteiger charge is -2.07. The summed E-state index contributed by atoms with van der Waals surface area (Å²) in [7, 11) is 0. The summed E-state index contributed by atoms with van der Waals surface area (Å²) in [6.45, 7) is 1.91. The minimum absolute atomic E-state index is 0.0642. The van der Waals surface area contributed by atoms with Gasteiger partial charge in [0.25, 0.3) is 0 Å². The highest BCUT2D eigenvalue weighted by atomic mass is 16.5. The highest BCUT2D eigenvalue weighted by Gasteiger charge is 2.06. The van der Waals surface area contributed by atoms with Gasteiger partial charge in [0.1, 0.15) is 0 Å². The van der Waals surface area contributed by atoms with Crippen LogP contribution in [0.3, 0.4) is 0 Å². The SMILES string of the molecule is CC(=O)c1cc(NCc2ncon2)ccc1N. The molecule has 88 valence electrons. The molecule has 0 unspecified atom stereocenters. The Hall–Kier alpha value is -2.37. The Bertz CT molecular complexity index is 522. The number of benzene rings is 1. The molecule has 17 heavy (non-hydrogen) atoms. The molecular weight excluding hydrogens is 220 g/mol. The van der Waals surface area contributed by atoms with Crippen LogP contribution >= 0.6 is 0 Å². The summed E-state index contributed by atoms with van der Waals surface area (Å²) in [4.78, 5) is 15.2. The quantitative estimate of drug-likeness (QED) is 0.612. The number of Topliss-reactive ketones (excluding diaryl/α,β-unsaturated/α-hetero) is 1. The summed E-state index contributed by atoms with van der Waals surface area (Å²) in [6.07, 6.45) is 1.26. The number of aromatic nitrogens is 2. The molecule has 2 rings (SSSR count). The van der Waals surface area contributed by atoms with E-state index in [2.05, 4.69) is 20.0 Å². The molecule has 1 heterocycles. The summed E-state index contributed by atoms with van der Waals surface area (Å²) in [5, 5.41) is 6.74. The van der Waals surface area contributed by atoms with Crippen molar-refractivity contribution >= 4 is 17.2 Å². The van der Waals surface area contributed by atoms with Crippen LogP contribution < -0.4 is 11.1 Å². The smallest absolute Gasteiger partial charge is 0.213 e. The Balaban J connectivity index is 2.11. The van der Waals surface area contributed by atoms with Crippen LogP contribution in [0.5, 0.6) is 0 Å². The molecule has 1 aromatic carbocycles. The lowest BCUT2D eigenvalue weighted by Crippen LogP contribution is -2.04. The van der Waals surface area contributed by atoms with Crippen molar-refractivity contribution in [3.05, 3.63) is 36.0 Å². The Morgan fingerprint density at radius 2 is 2.35 bits per heavy atom. The van der Waals surface area contributed by atoms with Crippen LogP contribution in [0.25, 0.3) is 0 Å². The highest BCUT2D eigenvalue weighted by Crippen LogP contribution is 2.18. The number of anilines is 2. The van der Waals surface area contributed by atoms with Crippen LogP contribution in [-0.4, -0.2) is 15.9 Å². The molecule has 0 saturated carbocycles. The molecule has 0 atom stereocenters. The first-order chi connectivity index (χ1) is 8.16. The van der Waals surface area contributed by atoms with E-state index in [9.17, 15) is 4.79 Å². The third-order valence-electron chi connectivity index (χ3n) is 2.29. The minimum atomic E-state index is -0.0642. The van der Waals surface area contributed by atoms with E-state index >= 15 is 0 Å². The van der Waals surface area contributed by atoms with Gasteiger partial charge < -0.3 is 15.6 Å². The van der Waals surface area contributed by atoms with Gasteiger partial charge in [-0.25, -0.2) is 0 Å². The van der Waals surface area contributed by atoms with E-state index in [4.69, 9.17) is 5.73 Å². The van der Waals surface area contributed by atoms with Crippen molar-refractivity contribution in [3.8, 4) is 0 Å². The van der Waals surface area contributed by atoms with Gasteiger partial charge in [-0.2, -0.15) is 4.98 Å². The fourth-order valence-electron chi connectivity index (χ4n) is 1.42. The molecule has 0 spiro atoms. The summed E-state index contributed by atoms with van der Waals surface area (Å²) >= 11 is 0. The molecule has 3 N–H and O–H groups in total. The number of nitrogen functional groups attached to an aromatic ring is 1. The molecule has 0 amide bonds. The first kappa shape index (κ1) is 11.1. The maximum atomic E-state index is 11.3. The van der Waals surface area contributed by atoms with Gasteiger partial charge in [-0.1, -0.05) is 5.16 Å². The second kappa shape index (κ2) is 4.65. The van der Waals surface area contributed by atoms with Crippen molar-refractivity contribution in [2.45, 2.75) is 13.5 Å². The van der Waals surface area contributed by atoms with Crippen molar-refractivity contribution in [2.75, 3.05) is 11.1 Å². The summed E-state index contributed by atoms with van der Waals surface area (Å²) in [6, 6.07) is 5.19. The average Bonchev–Trinajstić information content (AvgIpc) is 2.80. The third-order valence-corrected chi connectivity index (χ3v) is 2.29. The molecular formula is C11H12N4O2. The molecule has 2 aromatic rings. The number of carbonyl (C=O) groups excluding carboxylic acids is 1. The monoisotopic (exact) mass is 232 g/mol. The highest BCUT2D eigenvalue weighted by molar-refractivity contribution is 5.99. The molecule has 0 radical (unpaired) electrons. The second-order valence-corrected chi connectivity index (χ2v) is 3.56. The number of hydrogen-bond acceptors (Lipinski definition) is 6. The van der Waals surface area contributed by atoms with Crippen LogP contribution in [0.15, 0.2) is 29.1 Å². The standard InChI is InChI=1S/C11H12N4O2/c1-7(16)9-4-8(2-3-10(9)12)13-5-11-14-6-17-15-11/h2-4,6,13H,5,12H2,1H3. The number of rotatable bonds is 4. The average molecular weight is 232 g/mol. The normalized spacial score (nSPS) is 10.2. The van der Waals surface area contributed by atoms with Gasteiger partial charge in [-0.15, -0.1) is 0 Å². The van der Waals surface area contributed by atoms with Crippen LogP contribution in [0, 0.1) is 0 Å². The molecule has 1 aromatic heterocycles. The van der Waals surface area contributed by atoms with E-state index in [-0.39, 0.29) is 5.78 Å². The number of nitrogens with one attached hydrogen (secondary N) is 1.